The highest BCUT2D eigenvalue weighted by Gasteiger charge is 2.17. The Labute approximate surface area is 131 Å². The number of nitrogens with one attached hydrogen (secondary N) is 1. The summed E-state index contributed by atoms with van der Waals surface area (Å²) in [4.78, 5) is 12.1. The fourth-order valence-electron chi connectivity index (χ4n) is 2.16. The molecular formula is C15H23BClNO3. The predicted molar refractivity (Wildman–Crippen MR) is 86.9 cm³/mol. The van der Waals surface area contributed by atoms with E-state index in [-0.39, 0.29) is 16.4 Å². The molecule has 116 valence electrons. The fraction of sp³-hybridized carbons (Fsp3) is 0.533. The van der Waals surface area contributed by atoms with Gasteiger partial charge >= 0.3 is 7.12 Å². The van der Waals surface area contributed by atoms with Crippen LogP contribution in [-0.2, 0) is 0 Å². The summed E-state index contributed by atoms with van der Waals surface area (Å²) >= 11 is 5.93. The van der Waals surface area contributed by atoms with Crippen molar-refractivity contribution in [2.75, 3.05) is 6.54 Å². The summed E-state index contributed by atoms with van der Waals surface area (Å²) in [5.41, 5.74) is 0.623. The number of benzene rings is 1. The van der Waals surface area contributed by atoms with Gasteiger partial charge in [0.25, 0.3) is 5.91 Å². The molecule has 0 aliphatic carbocycles. The Morgan fingerprint density at radius 2 is 2.10 bits per heavy atom. The summed E-state index contributed by atoms with van der Waals surface area (Å²) in [6, 6.07) is 4.46. The van der Waals surface area contributed by atoms with E-state index in [1.807, 2.05) is 0 Å². The van der Waals surface area contributed by atoms with Gasteiger partial charge < -0.3 is 15.4 Å². The number of rotatable bonds is 8. The van der Waals surface area contributed by atoms with E-state index in [2.05, 4.69) is 19.2 Å². The largest absolute Gasteiger partial charge is 0.489 e. The lowest BCUT2D eigenvalue weighted by atomic mass is 9.80. The number of unbranched alkanes of at least 4 members (excludes halogenated alkanes) is 1. The van der Waals surface area contributed by atoms with Crippen LogP contribution >= 0.6 is 11.6 Å². The predicted octanol–water partition coefficient (Wildman–Crippen LogP) is 1.97. The van der Waals surface area contributed by atoms with Gasteiger partial charge in [-0.05, 0) is 24.5 Å². The van der Waals surface area contributed by atoms with E-state index in [1.54, 1.807) is 6.07 Å². The molecule has 6 heteroatoms. The third-order valence-corrected chi connectivity index (χ3v) is 3.96. The van der Waals surface area contributed by atoms with Crippen LogP contribution in [0.5, 0.6) is 0 Å². The summed E-state index contributed by atoms with van der Waals surface area (Å²) in [7, 11) is -1.63. The highest BCUT2D eigenvalue weighted by molar-refractivity contribution is 6.62. The summed E-state index contributed by atoms with van der Waals surface area (Å²) in [6.07, 6.45) is 4.48. The number of amides is 1. The van der Waals surface area contributed by atoms with Crippen LogP contribution in [0.2, 0.25) is 5.02 Å². The zero-order valence-corrected chi connectivity index (χ0v) is 13.4. The molecule has 0 bridgehead atoms. The highest BCUT2D eigenvalue weighted by atomic mass is 35.5. The van der Waals surface area contributed by atoms with Crippen molar-refractivity contribution < 1.29 is 14.8 Å². The fourth-order valence-corrected chi connectivity index (χ4v) is 2.44. The summed E-state index contributed by atoms with van der Waals surface area (Å²) < 4.78 is 0. The Hall–Kier alpha value is -1.04. The second-order valence-corrected chi connectivity index (χ2v) is 5.64. The number of carbonyl (C=O) groups is 1. The van der Waals surface area contributed by atoms with Gasteiger partial charge in [0.05, 0.1) is 0 Å². The lowest BCUT2D eigenvalue weighted by Gasteiger charge is -2.15. The quantitative estimate of drug-likeness (QED) is 0.643. The van der Waals surface area contributed by atoms with E-state index in [0.717, 1.165) is 19.3 Å². The SMILES string of the molecule is CCCC[C@@H](CC)CNC(=O)c1ccc(B(O)O)c(Cl)c1. The van der Waals surface area contributed by atoms with Gasteiger partial charge in [-0.15, -0.1) is 0 Å². The second-order valence-electron chi connectivity index (χ2n) is 5.24. The van der Waals surface area contributed by atoms with Crippen molar-refractivity contribution in [2.24, 2.45) is 5.92 Å². The smallest absolute Gasteiger partial charge is 0.423 e. The van der Waals surface area contributed by atoms with Crippen molar-refractivity contribution in [2.45, 2.75) is 39.5 Å². The third kappa shape index (κ3) is 5.69. The van der Waals surface area contributed by atoms with Gasteiger partial charge in [0, 0.05) is 22.6 Å². The molecule has 0 aliphatic rings. The zero-order chi connectivity index (χ0) is 15.8. The standard InChI is InChI=1S/C15H23BClNO3/c1-3-5-6-11(4-2)10-18-15(19)12-7-8-13(16(20)21)14(17)9-12/h7-9,11,20-21H,3-6,10H2,1-2H3,(H,18,19)/t11-/m1/s1. The van der Waals surface area contributed by atoms with Crippen LogP contribution in [0.4, 0.5) is 0 Å². The molecule has 0 fully saturated rings. The maximum atomic E-state index is 12.1. The van der Waals surface area contributed by atoms with Crippen LogP contribution in [-0.4, -0.2) is 29.6 Å². The van der Waals surface area contributed by atoms with Crippen molar-refractivity contribution in [3.05, 3.63) is 28.8 Å². The van der Waals surface area contributed by atoms with Crippen LogP contribution in [0.1, 0.15) is 49.9 Å². The van der Waals surface area contributed by atoms with Gasteiger partial charge in [0.2, 0.25) is 0 Å². The van der Waals surface area contributed by atoms with Gasteiger partial charge in [-0.2, -0.15) is 0 Å². The second kappa shape index (κ2) is 9.08. The molecule has 4 nitrogen and oxygen atoms in total. The van der Waals surface area contributed by atoms with Gasteiger partial charge in [-0.1, -0.05) is 50.8 Å². The van der Waals surface area contributed by atoms with E-state index < -0.39 is 7.12 Å². The Morgan fingerprint density at radius 3 is 2.62 bits per heavy atom. The first-order chi connectivity index (χ1) is 9.99. The highest BCUT2D eigenvalue weighted by Crippen LogP contribution is 2.13. The van der Waals surface area contributed by atoms with E-state index in [4.69, 9.17) is 21.6 Å². The van der Waals surface area contributed by atoms with Crippen LogP contribution in [0.25, 0.3) is 0 Å². The molecule has 0 spiro atoms. The van der Waals surface area contributed by atoms with E-state index in [9.17, 15) is 4.79 Å². The maximum Gasteiger partial charge on any atom is 0.489 e. The minimum Gasteiger partial charge on any atom is -0.423 e. The molecule has 1 amide bonds. The van der Waals surface area contributed by atoms with Crippen LogP contribution in [0.3, 0.4) is 0 Å². The van der Waals surface area contributed by atoms with Crippen molar-refractivity contribution in [1.29, 1.82) is 0 Å². The van der Waals surface area contributed by atoms with Crippen molar-refractivity contribution >= 4 is 30.1 Å². The minimum absolute atomic E-state index is 0.177. The Bertz CT molecular complexity index is 468. The average molecular weight is 312 g/mol. The molecule has 21 heavy (non-hydrogen) atoms. The monoisotopic (exact) mass is 311 g/mol. The van der Waals surface area contributed by atoms with Crippen LogP contribution in [0.15, 0.2) is 18.2 Å². The number of hydrogen-bond acceptors (Lipinski definition) is 3. The van der Waals surface area contributed by atoms with Crippen molar-refractivity contribution in [1.82, 2.24) is 5.32 Å². The van der Waals surface area contributed by atoms with Gasteiger partial charge in [-0.3, -0.25) is 4.79 Å². The minimum atomic E-state index is -1.63. The normalized spacial score (nSPS) is 12.0. The van der Waals surface area contributed by atoms with Crippen LogP contribution in [0, 0.1) is 5.92 Å². The lowest BCUT2D eigenvalue weighted by molar-refractivity contribution is 0.0946. The van der Waals surface area contributed by atoms with Gasteiger partial charge in [0.1, 0.15) is 0 Å². The first-order valence-corrected chi connectivity index (χ1v) is 7.81. The van der Waals surface area contributed by atoms with Crippen molar-refractivity contribution in [3.63, 3.8) is 0 Å². The summed E-state index contributed by atoms with van der Waals surface area (Å²) in [5, 5.41) is 21.3. The molecule has 0 saturated heterocycles. The Balaban J connectivity index is 2.61. The third-order valence-electron chi connectivity index (χ3n) is 3.64. The molecule has 1 atom stereocenters. The van der Waals surface area contributed by atoms with Gasteiger partial charge in [0.15, 0.2) is 0 Å². The molecule has 3 N–H and O–H groups in total. The number of hydrogen-bond donors (Lipinski definition) is 3. The molecule has 1 aromatic carbocycles. The Morgan fingerprint density at radius 1 is 1.38 bits per heavy atom. The molecule has 0 unspecified atom stereocenters. The molecule has 1 aromatic rings. The molecule has 0 radical (unpaired) electrons. The molecule has 0 aromatic heterocycles. The molecular weight excluding hydrogens is 288 g/mol. The topological polar surface area (TPSA) is 69.6 Å². The summed E-state index contributed by atoms with van der Waals surface area (Å²) in [5.74, 6) is 0.300. The first-order valence-electron chi connectivity index (χ1n) is 7.43. The average Bonchev–Trinajstić information content (AvgIpc) is 2.46. The molecule has 0 aliphatic heterocycles. The lowest BCUT2D eigenvalue weighted by Crippen LogP contribution is -2.32. The maximum absolute atomic E-state index is 12.1. The molecule has 0 saturated carbocycles. The molecule has 0 heterocycles. The zero-order valence-electron chi connectivity index (χ0n) is 12.6. The number of halogens is 1. The Kier molecular flexibility index (Phi) is 7.79. The van der Waals surface area contributed by atoms with Crippen LogP contribution < -0.4 is 10.8 Å². The van der Waals surface area contributed by atoms with Gasteiger partial charge in [-0.25, -0.2) is 0 Å². The number of carbonyl (C=O) groups excluding carboxylic acids is 1. The van der Waals surface area contributed by atoms with Crippen molar-refractivity contribution in [3.8, 4) is 0 Å². The summed E-state index contributed by atoms with van der Waals surface area (Å²) in [6.45, 7) is 4.93. The van der Waals surface area contributed by atoms with E-state index >= 15 is 0 Å². The first kappa shape index (κ1) is 18.0. The van der Waals surface area contributed by atoms with E-state index in [0.29, 0.717) is 18.0 Å². The van der Waals surface area contributed by atoms with E-state index in [1.165, 1.54) is 18.6 Å². The molecule has 1 rings (SSSR count).